The van der Waals surface area contributed by atoms with Crippen molar-refractivity contribution in [1.82, 2.24) is 10.6 Å². The molecule has 1 atom stereocenters. The number of para-hydroxylation sites is 1. The summed E-state index contributed by atoms with van der Waals surface area (Å²) < 4.78 is 0. The molecular formula is C15H23ClN4O3. The first-order valence-corrected chi connectivity index (χ1v) is 7.01. The zero-order valence-corrected chi connectivity index (χ0v) is 14.2. The van der Waals surface area contributed by atoms with Crippen LogP contribution in [-0.4, -0.2) is 37.4 Å². The van der Waals surface area contributed by atoms with Crippen LogP contribution < -0.4 is 21.7 Å². The van der Waals surface area contributed by atoms with Crippen LogP contribution in [0.2, 0.25) is 0 Å². The Balaban J connectivity index is 0.00000484. The van der Waals surface area contributed by atoms with Crippen molar-refractivity contribution in [3.8, 4) is 0 Å². The van der Waals surface area contributed by atoms with E-state index in [1.54, 1.807) is 24.3 Å². The fraction of sp³-hybridized carbons (Fsp3) is 0.400. The molecule has 3 amide bonds. The van der Waals surface area contributed by atoms with E-state index in [0.717, 1.165) is 0 Å². The summed E-state index contributed by atoms with van der Waals surface area (Å²) in [4.78, 5) is 35.3. The van der Waals surface area contributed by atoms with Gasteiger partial charge in [0.15, 0.2) is 0 Å². The molecule has 0 saturated carbocycles. The van der Waals surface area contributed by atoms with E-state index in [9.17, 15) is 14.4 Å². The summed E-state index contributed by atoms with van der Waals surface area (Å²) in [5.74, 6) is -1.14. The SMILES string of the molecule is CNC(=O)c1ccccc1NC(=O)CNC(=O)[C@@H](N)C(C)C.Cl. The third-order valence-electron chi connectivity index (χ3n) is 3.12. The van der Waals surface area contributed by atoms with Crippen LogP contribution in [0.15, 0.2) is 24.3 Å². The van der Waals surface area contributed by atoms with Gasteiger partial charge in [-0.25, -0.2) is 0 Å². The van der Waals surface area contributed by atoms with Gasteiger partial charge >= 0.3 is 0 Å². The standard InChI is InChI=1S/C15H22N4O3.ClH/c1-9(2)13(16)15(22)18-8-12(20)19-11-7-5-4-6-10(11)14(21)17-3;/h4-7,9,13H,8,16H2,1-3H3,(H,17,21)(H,18,22)(H,19,20);1H/t13-;/m0./s1. The fourth-order valence-corrected chi connectivity index (χ4v) is 1.71. The van der Waals surface area contributed by atoms with Crippen LogP contribution in [0, 0.1) is 5.92 Å². The number of benzene rings is 1. The number of nitrogens with one attached hydrogen (secondary N) is 3. The van der Waals surface area contributed by atoms with E-state index in [4.69, 9.17) is 5.73 Å². The van der Waals surface area contributed by atoms with Crippen LogP contribution in [0.3, 0.4) is 0 Å². The molecule has 0 fully saturated rings. The Morgan fingerprint density at radius 2 is 1.78 bits per heavy atom. The molecule has 0 bridgehead atoms. The Hall–Kier alpha value is -2.12. The van der Waals surface area contributed by atoms with Gasteiger partial charge in [-0.3, -0.25) is 14.4 Å². The molecule has 0 aliphatic rings. The normalized spacial score (nSPS) is 11.2. The van der Waals surface area contributed by atoms with E-state index in [1.807, 2.05) is 13.8 Å². The maximum Gasteiger partial charge on any atom is 0.253 e. The van der Waals surface area contributed by atoms with Gasteiger partial charge in [0, 0.05) is 7.05 Å². The zero-order chi connectivity index (χ0) is 16.7. The lowest BCUT2D eigenvalue weighted by molar-refractivity contribution is -0.125. The van der Waals surface area contributed by atoms with Crippen molar-refractivity contribution < 1.29 is 14.4 Å². The number of nitrogens with two attached hydrogens (primary N) is 1. The van der Waals surface area contributed by atoms with Gasteiger partial charge in [-0.15, -0.1) is 12.4 Å². The number of amides is 3. The average Bonchev–Trinajstić information content (AvgIpc) is 2.51. The maximum atomic E-state index is 11.9. The molecule has 0 aliphatic heterocycles. The predicted molar refractivity (Wildman–Crippen MR) is 91.5 cm³/mol. The molecule has 0 radical (unpaired) electrons. The zero-order valence-electron chi connectivity index (χ0n) is 13.4. The quantitative estimate of drug-likeness (QED) is 0.603. The lowest BCUT2D eigenvalue weighted by atomic mass is 10.1. The highest BCUT2D eigenvalue weighted by atomic mass is 35.5. The molecule has 0 saturated heterocycles. The Labute approximate surface area is 141 Å². The number of hydrogen-bond acceptors (Lipinski definition) is 4. The smallest absolute Gasteiger partial charge is 0.253 e. The lowest BCUT2D eigenvalue weighted by Crippen LogP contribution is -2.46. The minimum Gasteiger partial charge on any atom is -0.355 e. The van der Waals surface area contributed by atoms with Crippen molar-refractivity contribution in [2.45, 2.75) is 19.9 Å². The molecule has 0 unspecified atom stereocenters. The summed E-state index contributed by atoms with van der Waals surface area (Å²) in [7, 11) is 1.51. The number of hydrogen-bond donors (Lipinski definition) is 4. The molecular weight excluding hydrogens is 320 g/mol. The number of carbonyl (C=O) groups excluding carboxylic acids is 3. The molecule has 1 aromatic rings. The van der Waals surface area contributed by atoms with Crippen LogP contribution >= 0.6 is 12.4 Å². The van der Waals surface area contributed by atoms with E-state index in [-0.39, 0.29) is 36.7 Å². The second kappa shape index (κ2) is 9.81. The van der Waals surface area contributed by atoms with Crippen molar-refractivity contribution in [2.75, 3.05) is 18.9 Å². The first-order valence-electron chi connectivity index (χ1n) is 7.01. The van der Waals surface area contributed by atoms with Gasteiger partial charge in [-0.2, -0.15) is 0 Å². The molecule has 1 aromatic carbocycles. The third kappa shape index (κ3) is 6.25. The number of carbonyl (C=O) groups is 3. The second-order valence-electron chi connectivity index (χ2n) is 5.16. The highest BCUT2D eigenvalue weighted by molar-refractivity contribution is 6.04. The summed E-state index contributed by atoms with van der Waals surface area (Å²) in [5, 5.41) is 7.56. The van der Waals surface area contributed by atoms with Gasteiger partial charge in [0.05, 0.1) is 23.8 Å². The van der Waals surface area contributed by atoms with E-state index in [1.165, 1.54) is 7.05 Å². The molecule has 0 spiro atoms. The largest absolute Gasteiger partial charge is 0.355 e. The van der Waals surface area contributed by atoms with Crippen LogP contribution in [0.1, 0.15) is 24.2 Å². The van der Waals surface area contributed by atoms with E-state index < -0.39 is 11.9 Å². The lowest BCUT2D eigenvalue weighted by Gasteiger charge is -2.15. The Morgan fingerprint density at radius 1 is 1.17 bits per heavy atom. The molecule has 23 heavy (non-hydrogen) atoms. The van der Waals surface area contributed by atoms with Crippen LogP contribution in [0.25, 0.3) is 0 Å². The van der Waals surface area contributed by atoms with Gasteiger partial charge < -0.3 is 21.7 Å². The van der Waals surface area contributed by atoms with Crippen molar-refractivity contribution in [1.29, 1.82) is 0 Å². The Bertz CT molecular complexity index is 563. The molecule has 128 valence electrons. The minimum absolute atomic E-state index is 0. The second-order valence-corrected chi connectivity index (χ2v) is 5.16. The number of anilines is 1. The molecule has 8 heteroatoms. The summed E-state index contributed by atoms with van der Waals surface area (Å²) in [6, 6.07) is 5.95. The highest BCUT2D eigenvalue weighted by Crippen LogP contribution is 2.14. The van der Waals surface area contributed by atoms with E-state index in [0.29, 0.717) is 11.3 Å². The van der Waals surface area contributed by atoms with Gasteiger partial charge in [0.2, 0.25) is 11.8 Å². The first-order chi connectivity index (χ1) is 10.4. The van der Waals surface area contributed by atoms with Crippen molar-refractivity contribution >= 4 is 35.8 Å². The molecule has 7 nitrogen and oxygen atoms in total. The highest BCUT2D eigenvalue weighted by Gasteiger charge is 2.18. The average molecular weight is 343 g/mol. The number of halogens is 1. The van der Waals surface area contributed by atoms with E-state index in [2.05, 4.69) is 16.0 Å². The third-order valence-corrected chi connectivity index (χ3v) is 3.12. The summed E-state index contributed by atoms with van der Waals surface area (Å²) in [5.41, 5.74) is 6.42. The monoisotopic (exact) mass is 342 g/mol. The van der Waals surface area contributed by atoms with Gasteiger partial charge in [-0.05, 0) is 18.1 Å². The first kappa shape index (κ1) is 20.9. The number of rotatable bonds is 6. The Kier molecular flexibility index (Phi) is 8.90. The van der Waals surface area contributed by atoms with Crippen molar-refractivity contribution in [3.05, 3.63) is 29.8 Å². The van der Waals surface area contributed by atoms with Crippen molar-refractivity contribution in [2.24, 2.45) is 11.7 Å². The summed E-state index contributed by atoms with van der Waals surface area (Å²) >= 11 is 0. The molecule has 0 aromatic heterocycles. The van der Waals surface area contributed by atoms with Crippen molar-refractivity contribution in [3.63, 3.8) is 0 Å². The van der Waals surface area contributed by atoms with Gasteiger partial charge in [0.1, 0.15) is 0 Å². The van der Waals surface area contributed by atoms with Crippen LogP contribution in [0.5, 0.6) is 0 Å². The Morgan fingerprint density at radius 3 is 2.35 bits per heavy atom. The minimum atomic E-state index is -0.661. The van der Waals surface area contributed by atoms with Gasteiger partial charge in [-0.1, -0.05) is 26.0 Å². The predicted octanol–water partition coefficient (Wildman–Crippen LogP) is 0.506. The summed E-state index contributed by atoms with van der Waals surface area (Å²) in [6.45, 7) is 3.44. The summed E-state index contributed by atoms with van der Waals surface area (Å²) in [6.07, 6.45) is 0. The van der Waals surface area contributed by atoms with Crippen LogP contribution in [0.4, 0.5) is 5.69 Å². The molecule has 0 aliphatic carbocycles. The van der Waals surface area contributed by atoms with E-state index >= 15 is 0 Å². The molecule has 5 N–H and O–H groups in total. The van der Waals surface area contributed by atoms with Gasteiger partial charge in [0.25, 0.3) is 5.91 Å². The topological polar surface area (TPSA) is 113 Å². The van der Waals surface area contributed by atoms with Crippen LogP contribution in [-0.2, 0) is 9.59 Å². The maximum absolute atomic E-state index is 11.9. The molecule has 1 rings (SSSR count). The molecule has 0 heterocycles. The fourth-order valence-electron chi connectivity index (χ4n) is 1.71.